The van der Waals surface area contributed by atoms with E-state index >= 15 is 0 Å². The number of amides is 1. The number of hydrogen-bond acceptors (Lipinski definition) is 3. The van der Waals surface area contributed by atoms with Crippen LogP contribution in [0.5, 0.6) is 0 Å². The normalized spacial score (nSPS) is 22.5. The van der Waals surface area contributed by atoms with Crippen LogP contribution < -0.4 is 10.6 Å². The molecule has 1 aliphatic rings. The third kappa shape index (κ3) is 4.74. The zero-order valence-electron chi connectivity index (χ0n) is 12.6. The largest absolute Gasteiger partial charge is 0.375 e. The van der Waals surface area contributed by atoms with E-state index in [1.165, 1.54) is 0 Å². The molecule has 0 aromatic heterocycles. The minimum atomic E-state index is -0.312. The van der Waals surface area contributed by atoms with Gasteiger partial charge in [-0.2, -0.15) is 0 Å². The molecule has 2 N–H and O–H groups in total. The highest BCUT2D eigenvalue weighted by Crippen LogP contribution is 2.30. The molecule has 1 aromatic rings. The number of ether oxygens (including phenoxy) is 1. The maximum Gasteiger partial charge on any atom is 0.239 e. The third-order valence-corrected chi connectivity index (χ3v) is 4.33. The Kier molecular flexibility index (Phi) is 7.94. The van der Waals surface area contributed by atoms with Crippen molar-refractivity contribution in [2.24, 2.45) is 0 Å². The average molecular weight is 368 g/mol. The molecule has 3 atom stereocenters. The fraction of sp³-hybridized carbons (Fsp3) is 0.533. The molecule has 0 bridgehead atoms. The quantitative estimate of drug-likeness (QED) is 0.860. The Balaban J connectivity index is 0.00000242. The van der Waals surface area contributed by atoms with E-state index in [9.17, 15) is 4.79 Å². The van der Waals surface area contributed by atoms with Crippen molar-refractivity contribution < 1.29 is 9.53 Å². The fourth-order valence-corrected chi connectivity index (χ4v) is 3.24. The van der Waals surface area contributed by atoms with Gasteiger partial charge in [0.05, 0.1) is 12.7 Å². The molecular weight excluding hydrogens is 347 g/mol. The molecule has 1 heterocycles. The van der Waals surface area contributed by atoms with Gasteiger partial charge in [0, 0.05) is 29.1 Å². The number of nitrogens with one attached hydrogen (secondary N) is 2. The SMILES string of the molecule is CC(CNC(=O)[C@H]1NCCO[C@@H]1C)c1c(Cl)cccc1Cl.Cl. The van der Waals surface area contributed by atoms with Crippen molar-refractivity contribution in [3.63, 3.8) is 0 Å². The molecule has 1 fully saturated rings. The Labute approximate surface area is 147 Å². The van der Waals surface area contributed by atoms with Crippen molar-refractivity contribution in [1.82, 2.24) is 10.6 Å². The zero-order valence-corrected chi connectivity index (χ0v) is 14.9. The third-order valence-electron chi connectivity index (χ3n) is 3.67. The standard InChI is InChI=1S/C15H20Cl2N2O2.ClH/c1-9(13-11(16)4-3-5-12(13)17)8-19-15(20)14-10(2)21-7-6-18-14;/h3-5,9-10,14,18H,6-8H2,1-2H3,(H,19,20);1H/t9?,10-,14+;/m1./s1. The van der Waals surface area contributed by atoms with E-state index in [0.29, 0.717) is 29.7 Å². The van der Waals surface area contributed by atoms with Crippen LogP contribution in [0.4, 0.5) is 0 Å². The van der Waals surface area contributed by atoms with Gasteiger partial charge in [-0.1, -0.05) is 36.2 Å². The first kappa shape index (κ1) is 19.5. The molecule has 1 aliphatic heterocycles. The van der Waals surface area contributed by atoms with E-state index in [-0.39, 0.29) is 36.4 Å². The van der Waals surface area contributed by atoms with Gasteiger partial charge in [-0.25, -0.2) is 0 Å². The average Bonchev–Trinajstić information content (AvgIpc) is 2.45. The van der Waals surface area contributed by atoms with Crippen molar-refractivity contribution in [1.29, 1.82) is 0 Å². The maximum absolute atomic E-state index is 12.2. The van der Waals surface area contributed by atoms with Gasteiger partial charge in [0.25, 0.3) is 0 Å². The molecule has 22 heavy (non-hydrogen) atoms. The summed E-state index contributed by atoms with van der Waals surface area (Å²) in [4.78, 5) is 12.2. The predicted molar refractivity (Wildman–Crippen MR) is 92.3 cm³/mol. The van der Waals surface area contributed by atoms with Crippen molar-refractivity contribution in [3.8, 4) is 0 Å². The van der Waals surface area contributed by atoms with E-state index in [4.69, 9.17) is 27.9 Å². The molecular formula is C15H21Cl3N2O2. The minimum Gasteiger partial charge on any atom is -0.375 e. The van der Waals surface area contributed by atoms with Gasteiger partial charge in [-0.05, 0) is 24.6 Å². The van der Waals surface area contributed by atoms with Crippen LogP contribution in [0.1, 0.15) is 25.3 Å². The molecule has 1 aromatic carbocycles. The molecule has 7 heteroatoms. The summed E-state index contributed by atoms with van der Waals surface area (Å²) in [6.07, 6.45) is -0.127. The predicted octanol–water partition coefficient (Wildman–Crippen LogP) is 3.01. The fourth-order valence-electron chi connectivity index (χ4n) is 2.47. The van der Waals surface area contributed by atoms with Crippen LogP contribution in [0, 0.1) is 0 Å². The summed E-state index contributed by atoms with van der Waals surface area (Å²) in [5.41, 5.74) is 0.863. The van der Waals surface area contributed by atoms with Crippen molar-refractivity contribution in [2.75, 3.05) is 19.7 Å². The summed E-state index contributed by atoms with van der Waals surface area (Å²) in [5.74, 6) is -0.0211. The van der Waals surface area contributed by atoms with Gasteiger partial charge >= 0.3 is 0 Å². The zero-order chi connectivity index (χ0) is 15.4. The Morgan fingerprint density at radius 1 is 1.45 bits per heavy atom. The first-order valence-electron chi connectivity index (χ1n) is 7.07. The van der Waals surface area contributed by atoms with Gasteiger partial charge in [0.15, 0.2) is 0 Å². The second-order valence-corrected chi connectivity index (χ2v) is 6.10. The van der Waals surface area contributed by atoms with E-state index in [1.54, 1.807) is 12.1 Å². The van der Waals surface area contributed by atoms with E-state index in [1.807, 2.05) is 19.9 Å². The molecule has 1 saturated heterocycles. The number of morpholine rings is 1. The van der Waals surface area contributed by atoms with Crippen molar-refractivity contribution in [3.05, 3.63) is 33.8 Å². The smallest absolute Gasteiger partial charge is 0.239 e. The Hall–Kier alpha value is -0.520. The molecule has 2 rings (SSSR count). The Morgan fingerprint density at radius 3 is 2.68 bits per heavy atom. The molecule has 124 valence electrons. The van der Waals surface area contributed by atoms with Gasteiger partial charge in [-0.15, -0.1) is 12.4 Å². The van der Waals surface area contributed by atoms with Crippen LogP contribution in [-0.4, -0.2) is 37.7 Å². The molecule has 0 aliphatic carbocycles. The highest BCUT2D eigenvalue weighted by molar-refractivity contribution is 6.36. The summed E-state index contributed by atoms with van der Waals surface area (Å²) in [5, 5.41) is 7.35. The Bertz CT molecular complexity index is 493. The molecule has 1 amide bonds. The second-order valence-electron chi connectivity index (χ2n) is 5.29. The first-order valence-corrected chi connectivity index (χ1v) is 7.83. The number of carbonyl (C=O) groups is 1. The van der Waals surface area contributed by atoms with Gasteiger partial charge in [0.1, 0.15) is 6.04 Å². The van der Waals surface area contributed by atoms with Crippen LogP contribution in [0.15, 0.2) is 18.2 Å². The van der Waals surface area contributed by atoms with Crippen LogP contribution in [0.25, 0.3) is 0 Å². The molecule has 1 unspecified atom stereocenters. The van der Waals surface area contributed by atoms with E-state index in [0.717, 1.165) is 5.56 Å². The highest BCUT2D eigenvalue weighted by atomic mass is 35.5. The lowest BCUT2D eigenvalue weighted by molar-refractivity contribution is -0.128. The van der Waals surface area contributed by atoms with E-state index in [2.05, 4.69) is 10.6 Å². The summed E-state index contributed by atoms with van der Waals surface area (Å²) in [7, 11) is 0. The first-order chi connectivity index (χ1) is 10.0. The number of halogens is 3. The molecule has 0 saturated carbocycles. The summed E-state index contributed by atoms with van der Waals surface area (Å²) in [6, 6.07) is 5.11. The molecule has 0 radical (unpaired) electrons. The van der Waals surface area contributed by atoms with Gasteiger partial charge in [-0.3, -0.25) is 4.79 Å². The number of benzene rings is 1. The van der Waals surface area contributed by atoms with Crippen LogP contribution in [-0.2, 0) is 9.53 Å². The maximum atomic E-state index is 12.2. The number of carbonyl (C=O) groups excluding carboxylic acids is 1. The van der Waals surface area contributed by atoms with Crippen LogP contribution in [0.3, 0.4) is 0 Å². The van der Waals surface area contributed by atoms with Gasteiger partial charge < -0.3 is 15.4 Å². The lowest BCUT2D eigenvalue weighted by Gasteiger charge is -2.29. The monoisotopic (exact) mass is 366 g/mol. The molecule has 0 spiro atoms. The summed E-state index contributed by atoms with van der Waals surface area (Å²) in [6.45, 7) is 5.68. The number of rotatable bonds is 4. The van der Waals surface area contributed by atoms with Gasteiger partial charge in [0.2, 0.25) is 5.91 Å². The lowest BCUT2D eigenvalue weighted by Crippen LogP contribution is -2.55. The number of hydrogen-bond donors (Lipinski definition) is 2. The van der Waals surface area contributed by atoms with Crippen LogP contribution in [0.2, 0.25) is 10.0 Å². The van der Waals surface area contributed by atoms with E-state index < -0.39 is 0 Å². The minimum absolute atomic E-state index is 0. The molecule has 4 nitrogen and oxygen atoms in total. The van der Waals surface area contributed by atoms with Crippen molar-refractivity contribution in [2.45, 2.75) is 31.9 Å². The second kappa shape index (κ2) is 8.94. The summed E-state index contributed by atoms with van der Waals surface area (Å²) < 4.78 is 5.48. The highest BCUT2D eigenvalue weighted by Gasteiger charge is 2.28. The van der Waals surface area contributed by atoms with Crippen molar-refractivity contribution >= 4 is 41.5 Å². The Morgan fingerprint density at radius 2 is 2.09 bits per heavy atom. The topological polar surface area (TPSA) is 50.4 Å². The lowest BCUT2D eigenvalue weighted by atomic mass is 10.0. The summed E-state index contributed by atoms with van der Waals surface area (Å²) >= 11 is 12.4. The van der Waals surface area contributed by atoms with Crippen LogP contribution >= 0.6 is 35.6 Å².